The predicted molar refractivity (Wildman–Crippen MR) is 121 cm³/mol. The molecule has 0 aromatic heterocycles. The van der Waals surface area contributed by atoms with Gasteiger partial charge < -0.3 is 14.8 Å². The largest absolute Gasteiger partial charge is 0.497 e. The predicted octanol–water partition coefficient (Wildman–Crippen LogP) is 5.06. The van der Waals surface area contributed by atoms with Crippen LogP contribution in [0.4, 0.5) is 11.4 Å². The fourth-order valence-electron chi connectivity index (χ4n) is 2.71. The number of nitrogens with one attached hydrogen (secondary N) is 2. The van der Waals surface area contributed by atoms with E-state index < -0.39 is 15.9 Å². The normalized spacial score (nSPS) is 11.0. The Morgan fingerprint density at radius 2 is 1.61 bits per heavy atom. The number of hydrogen-bond acceptors (Lipinski definition) is 5. The van der Waals surface area contributed by atoms with E-state index in [2.05, 4.69) is 10.0 Å². The molecule has 0 saturated heterocycles. The Kier molecular flexibility index (Phi) is 6.94. The number of methoxy groups -OCH3 is 2. The first kappa shape index (κ1) is 22.7. The minimum Gasteiger partial charge on any atom is -0.497 e. The molecule has 0 aliphatic heterocycles. The van der Waals surface area contributed by atoms with Crippen LogP contribution < -0.4 is 19.5 Å². The summed E-state index contributed by atoms with van der Waals surface area (Å²) >= 11 is 11.8. The fraction of sp³-hybridized carbons (Fsp3) is 0.0952. The van der Waals surface area contributed by atoms with Gasteiger partial charge in [0.25, 0.3) is 15.9 Å². The summed E-state index contributed by atoms with van der Waals surface area (Å²) in [6.07, 6.45) is 0. The molecule has 0 bridgehead atoms. The maximum atomic E-state index is 12.9. The second-order valence-corrected chi connectivity index (χ2v) is 8.74. The number of amides is 1. The van der Waals surface area contributed by atoms with E-state index >= 15 is 0 Å². The monoisotopic (exact) mass is 480 g/mol. The zero-order valence-corrected chi connectivity index (χ0v) is 18.8. The highest BCUT2D eigenvalue weighted by Gasteiger charge is 2.20. The van der Waals surface area contributed by atoms with Gasteiger partial charge in [-0.2, -0.15) is 0 Å². The highest BCUT2D eigenvalue weighted by atomic mass is 35.5. The van der Waals surface area contributed by atoms with Crippen LogP contribution in [0.2, 0.25) is 10.0 Å². The van der Waals surface area contributed by atoms with Gasteiger partial charge in [0.05, 0.1) is 46.1 Å². The number of halogens is 2. The van der Waals surface area contributed by atoms with Crippen molar-refractivity contribution in [1.82, 2.24) is 0 Å². The van der Waals surface area contributed by atoms with Crippen molar-refractivity contribution in [2.24, 2.45) is 0 Å². The summed E-state index contributed by atoms with van der Waals surface area (Å²) in [6, 6.07) is 15.1. The molecule has 3 aromatic carbocycles. The maximum Gasteiger partial charge on any atom is 0.261 e. The molecule has 162 valence electrons. The highest BCUT2D eigenvalue weighted by Crippen LogP contribution is 2.31. The second-order valence-electron chi connectivity index (χ2n) is 6.25. The molecule has 0 saturated carbocycles. The lowest BCUT2D eigenvalue weighted by molar-refractivity contribution is 0.102. The molecule has 0 radical (unpaired) electrons. The summed E-state index contributed by atoms with van der Waals surface area (Å²) in [5, 5.41) is 3.05. The summed E-state index contributed by atoms with van der Waals surface area (Å²) in [5.41, 5.74) is 0.609. The van der Waals surface area contributed by atoms with Crippen LogP contribution in [-0.2, 0) is 10.0 Å². The smallest absolute Gasteiger partial charge is 0.261 e. The van der Waals surface area contributed by atoms with E-state index in [0.717, 1.165) is 0 Å². The van der Waals surface area contributed by atoms with Crippen LogP contribution >= 0.6 is 23.2 Å². The van der Waals surface area contributed by atoms with Crippen LogP contribution in [0.3, 0.4) is 0 Å². The molecule has 3 aromatic rings. The summed E-state index contributed by atoms with van der Waals surface area (Å²) in [6.45, 7) is 0. The first-order valence-corrected chi connectivity index (χ1v) is 11.1. The third kappa shape index (κ3) is 5.22. The van der Waals surface area contributed by atoms with Gasteiger partial charge in [-0.1, -0.05) is 35.3 Å². The van der Waals surface area contributed by atoms with Gasteiger partial charge in [0.15, 0.2) is 0 Å². The Labute approximate surface area is 189 Å². The molecule has 0 unspecified atom stereocenters. The molecule has 0 spiro atoms. The van der Waals surface area contributed by atoms with Crippen LogP contribution in [0.15, 0.2) is 65.6 Å². The quantitative estimate of drug-likeness (QED) is 0.492. The SMILES string of the molecule is COc1ccc(NC(=O)c2ccccc2NS(=O)(=O)c2ccc(Cl)c(Cl)c2)c(OC)c1. The molecule has 7 nitrogen and oxygen atoms in total. The molecule has 0 aliphatic rings. The molecule has 0 fully saturated rings. The van der Waals surface area contributed by atoms with Crippen LogP contribution in [0.5, 0.6) is 11.5 Å². The third-order valence-corrected chi connectivity index (χ3v) is 6.38. The second kappa shape index (κ2) is 9.47. The van der Waals surface area contributed by atoms with Crippen molar-refractivity contribution >= 4 is 50.5 Å². The molecule has 0 aliphatic carbocycles. The third-order valence-electron chi connectivity index (χ3n) is 4.27. The van der Waals surface area contributed by atoms with Crippen LogP contribution in [0.1, 0.15) is 10.4 Å². The number of para-hydroxylation sites is 1. The average Bonchev–Trinajstić information content (AvgIpc) is 2.75. The lowest BCUT2D eigenvalue weighted by atomic mass is 10.1. The minimum atomic E-state index is -4.02. The van der Waals surface area contributed by atoms with Crippen molar-refractivity contribution in [3.8, 4) is 11.5 Å². The standard InChI is InChI=1S/C21H18Cl2N2O5S/c1-29-13-7-10-19(20(11-13)30-2)24-21(26)15-5-3-4-6-18(15)25-31(27,28)14-8-9-16(22)17(23)12-14/h3-12,25H,1-2H3,(H,24,26). The number of sulfonamides is 1. The van der Waals surface area contributed by atoms with E-state index in [-0.39, 0.29) is 26.2 Å². The zero-order valence-electron chi connectivity index (χ0n) is 16.5. The van der Waals surface area contributed by atoms with E-state index in [9.17, 15) is 13.2 Å². The minimum absolute atomic E-state index is 0.0889. The van der Waals surface area contributed by atoms with Crippen molar-refractivity contribution < 1.29 is 22.7 Å². The van der Waals surface area contributed by atoms with Gasteiger partial charge >= 0.3 is 0 Å². The molecule has 3 rings (SSSR count). The number of carbonyl (C=O) groups excluding carboxylic acids is 1. The first-order chi connectivity index (χ1) is 14.7. The number of rotatable bonds is 7. The van der Waals surface area contributed by atoms with Crippen LogP contribution in [-0.4, -0.2) is 28.5 Å². The lowest BCUT2D eigenvalue weighted by Gasteiger charge is -2.15. The number of ether oxygens (including phenoxy) is 2. The molecule has 10 heteroatoms. The fourth-order valence-corrected chi connectivity index (χ4v) is 4.18. The summed E-state index contributed by atoms with van der Waals surface area (Å²) in [5.74, 6) is 0.419. The Balaban J connectivity index is 1.90. The van der Waals surface area contributed by atoms with E-state index in [4.69, 9.17) is 32.7 Å². The number of hydrogen-bond donors (Lipinski definition) is 2. The van der Waals surface area contributed by atoms with Crippen molar-refractivity contribution in [3.63, 3.8) is 0 Å². The van der Waals surface area contributed by atoms with Gasteiger partial charge in [-0.05, 0) is 42.5 Å². The Bertz CT molecular complexity index is 1230. The van der Waals surface area contributed by atoms with Crippen molar-refractivity contribution in [3.05, 3.63) is 76.3 Å². The van der Waals surface area contributed by atoms with Crippen molar-refractivity contribution in [2.75, 3.05) is 24.3 Å². The lowest BCUT2D eigenvalue weighted by Crippen LogP contribution is -2.19. The Hall–Kier alpha value is -2.94. The van der Waals surface area contributed by atoms with E-state index in [1.165, 1.54) is 44.6 Å². The van der Waals surface area contributed by atoms with E-state index in [0.29, 0.717) is 17.2 Å². The number of anilines is 2. The van der Waals surface area contributed by atoms with E-state index in [1.54, 1.807) is 30.3 Å². The van der Waals surface area contributed by atoms with Gasteiger partial charge in [-0.3, -0.25) is 9.52 Å². The Morgan fingerprint density at radius 3 is 2.29 bits per heavy atom. The van der Waals surface area contributed by atoms with Gasteiger partial charge in [-0.15, -0.1) is 0 Å². The van der Waals surface area contributed by atoms with Gasteiger partial charge in [0, 0.05) is 6.07 Å². The van der Waals surface area contributed by atoms with Gasteiger partial charge in [-0.25, -0.2) is 8.42 Å². The topological polar surface area (TPSA) is 93.7 Å². The molecule has 0 heterocycles. The van der Waals surface area contributed by atoms with Crippen molar-refractivity contribution in [2.45, 2.75) is 4.90 Å². The molecule has 1 amide bonds. The molecular weight excluding hydrogens is 463 g/mol. The summed E-state index contributed by atoms with van der Waals surface area (Å²) in [7, 11) is -1.04. The van der Waals surface area contributed by atoms with Crippen LogP contribution in [0, 0.1) is 0 Å². The number of benzene rings is 3. The maximum absolute atomic E-state index is 12.9. The summed E-state index contributed by atoms with van der Waals surface area (Å²) in [4.78, 5) is 12.8. The first-order valence-electron chi connectivity index (χ1n) is 8.85. The average molecular weight is 481 g/mol. The van der Waals surface area contributed by atoms with Crippen LogP contribution in [0.25, 0.3) is 0 Å². The zero-order chi connectivity index (χ0) is 22.6. The number of carbonyl (C=O) groups is 1. The Morgan fingerprint density at radius 1 is 0.871 bits per heavy atom. The molecular formula is C21H18Cl2N2O5S. The molecule has 2 N–H and O–H groups in total. The van der Waals surface area contributed by atoms with Gasteiger partial charge in [0.1, 0.15) is 11.5 Å². The van der Waals surface area contributed by atoms with E-state index in [1.807, 2.05) is 0 Å². The summed E-state index contributed by atoms with van der Waals surface area (Å²) < 4.78 is 38.4. The van der Waals surface area contributed by atoms with Gasteiger partial charge in [0.2, 0.25) is 0 Å². The molecule has 31 heavy (non-hydrogen) atoms. The van der Waals surface area contributed by atoms with Crippen molar-refractivity contribution in [1.29, 1.82) is 0 Å². The highest BCUT2D eigenvalue weighted by molar-refractivity contribution is 7.92. The molecule has 0 atom stereocenters.